The maximum absolute atomic E-state index is 12.6. The average molecular weight is 318 g/mol. The van der Waals surface area contributed by atoms with Crippen molar-refractivity contribution in [3.05, 3.63) is 29.3 Å². The number of rotatable bonds is 7. The van der Waals surface area contributed by atoms with Gasteiger partial charge in [-0.2, -0.15) is 4.31 Å². The van der Waals surface area contributed by atoms with E-state index >= 15 is 0 Å². The number of hydrogen-bond donors (Lipinski definition) is 0. The Morgan fingerprint density at radius 2 is 1.85 bits per heavy atom. The summed E-state index contributed by atoms with van der Waals surface area (Å²) in [5.74, 6) is 0.634. The monoisotopic (exact) mass is 317 g/mol. The topological polar surface area (TPSA) is 37.4 Å². The first-order valence-electron chi connectivity index (χ1n) is 7.04. The normalized spacial score (nSPS) is 12.3. The molecule has 1 aromatic rings. The van der Waals surface area contributed by atoms with E-state index in [9.17, 15) is 8.42 Å². The summed E-state index contributed by atoms with van der Waals surface area (Å²) >= 11 is 5.92. The molecular weight excluding hydrogens is 294 g/mol. The fraction of sp³-hybridized carbons (Fsp3) is 0.600. The average Bonchev–Trinajstić information content (AvgIpc) is 2.43. The quantitative estimate of drug-likeness (QED) is 0.720. The molecule has 0 spiro atoms. The van der Waals surface area contributed by atoms with Crippen molar-refractivity contribution in [1.82, 2.24) is 4.31 Å². The first-order chi connectivity index (χ1) is 9.36. The molecule has 0 fully saturated rings. The van der Waals surface area contributed by atoms with Crippen molar-refractivity contribution >= 4 is 21.6 Å². The zero-order chi connectivity index (χ0) is 15.3. The molecule has 0 atom stereocenters. The molecule has 3 nitrogen and oxygen atoms in total. The van der Waals surface area contributed by atoms with Crippen LogP contribution in [0.1, 0.15) is 38.8 Å². The Balaban J connectivity index is 3.20. The summed E-state index contributed by atoms with van der Waals surface area (Å²) in [5, 5.41) is 0. The van der Waals surface area contributed by atoms with Gasteiger partial charge in [0.2, 0.25) is 10.0 Å². The van der Waals surface area contributed by atoms with Gasteiger partial charge in [0.05, 0.1) is 4.90 Å². The Hall–Kier alpha value is -0.580. The van der Waals surface area contributed by atoms with Gasteiger partial charge in [-0.15, -0.1) is 11.6 Å². The van der Waals surface area contributed by atoms with Crippen LogP contribution >= 0.6 is 11.6 Å². The third-order valence-corrected chi connectivity index (χ3v) is 5.49. The van der Waals surface area contributed by atoms with Gasteiger partial charge in [-0.05, 0) is 35.6 Å². The highest BCUT2D eigenvalue weighted by Crippen LogP contribution is 2.22. The Kier molecular flexibility index (Phi) is 6.49. The van der Waals surface area contributed by atoms with Crippen LogP contribution in [0.4, 0.5) is 0 Å². The van der Waals surface area contributed by atoms with Crippen molar-refractivity contribution in [1.29, 1.82) is 0 Å². The van der Waals surface area contributed by atoms with Crippen molar-refractivity contribution in [3.63, 3.8) is 0 Å². The van der Waals surface area contributed by atoms with Gasteiger partial charge in [-0.3, -0.25) is 0 Å². The van der Waals surface area contributed by atoms with Crippen LogP contribution in [-0.4, -0.2) is 25.8 Å². The Morgan fingerprint density at radius 1 is 1.20 bits per heavy atom. The molecule has 0 bridgehead atoms. The predicted octanol–water partition coefficient (Wildman–Crippen LogP) is 3.65. The van der Waals surface area contributed by atoms with E-state index in [0.717, 1.165) is 17.5 Å². The highest BCUT2D eigenvalue weighted by atomic mass is 35.5. The lowest BCUT2D eigenvalue weighted by Crippen LogP contribution is -2.34. The first-order valence-corrected chi connectivity index (χ1v) is 9.02. The number of alkyl halides is 1. The fourth-order valence-electron chi connectivity index (χ4n) is 2.19. The van der Waals surface area contributed by atoms with E-state index in [-0.39, 0.29) is 0 Å². The zero-order valence-corrected chi connectivity index (χ0v) is 14.3. The largest absolute Gasteiger partial charge is 0.243 e. The van der Waals surface area contributed by atoms with E-state index < -0.39 is 10.0 Å². The molecule has 0 saturated carbocycles. The summed E-state index contributed by atoms with van der Waals surface area (Å²) in [6.45, 7) is 8.95. The minimum absolute atomic E-state index is 0.298. The molecule has 0 radical (unpaired) electrons. The molecule has 20 heavy (non-hydrogen) atoms. The van der Waals surface area contributed by atoms with Gasteiger partial charge in [-0.25, -0.2) is 8.42 Å². The molecular formula is C15H24ClNO2S. The molecule has 5 heteroatoms. The molecule has 0 aliphatic rings. The number of nitrogens with zero attached hydrogens (tertiary/aromatic N) is 1. The van der Waals surface area contributed by atoms with Crippen molar-refractivity contribution in [2.75, 3.05) is 13.1 Å². The van der Waals surface area contributed by atoms with Crippen LogP contribution in [0.25, 0.3) is 0 Å². The molecule has 1 aromatic carbocycles. The zero-order valence-electron chi connectivity index (χ0n) is 12.7. The van der Waals surface area contributed by atoms with Crippen LogP contribution in [0.3, 0.4) is 0 Å². The standard InChI is InChI=1S/C15H24ClNO2S/c1-5-13-7-8-15(9-14(13)10-16)20(18,19)17(6-2)11-12(3)4/h7-9,12H,5-6,10-11H2,1-4H3. The Bertz CT molecular complexity index is 541. The van der Waals surface area contributed by atoms with Crippen LogP contribution in [0.2, 0.25) is 0 Å². The van der Waals surface area contributed by atoms with Crippen molar-refractivity contribution < 1.29 is 8.42 Å². The summed E-state index contributed by atoms with van der Waals surface area (Å²) in [5.41, 5.74) is 2.00. The molecule has 1 rings (SSSR count). The van der Waals surface area contributed by atoms with E-state index in [0.29, 0.717) is 29.8 Å². The molecule has 114 valence electrons. The molecule has 0 aliphatic carbocycles. The minimum Gasteiger partial charge on any atom is -0.207 e. The molecule has 0 aliphatic heterocycles. The highest BCUT2D eigenvalue weighted by molar-refractivity contribution is 7.89. The van der Waals surface area contributed by atoms with Crippen LogP contribution < -0.4 is 0 Å². The molecule has 0 heterocycles. The van der Waals surface area contributed by atoms with Crippen LogP contribution in [0.15, 0.2) is 23.1 Å². The Morgan fingerprint density at radius 3 is 2.30 bits per heavy atom. The molecule has 0 aromatic heterocycles. The van der Waals surface area contributed by atoms with E-state index in [2.05, 4.69) is 0 Å². The minimum atomic E-state index is -3.43. The predicted molar refractivity (Wildman–Crippen MR) is 84.6 cm³/mol. The van der Waals surface area contributed by atoms with Crippen molar-refractivity contribution in [2.24, 2.45) is 5.92 Å². The van der Waals surface area contributed by atoms with Gasteiger partial charge < -0.3 is 0 Å². The van der Waals surface area contributed by atoms with Gasteiger partial charge in [0, 0.05) is 19.0 Å². The van der Waals surface area contributed by atoms with Crippen molar-refractivity contribution in [3.8, 4) is 0 Å². The second-order valence-corrected chi connectivity index (χ2v) is 7.47. The van der Waals surface area contributed by atoms with Gasteiger partial charge in [-0.1, -0.05) is 33.8 Å². The second-order valence-electron chi connectivity index (χ2n) is 5.27. The lowest BCUT2D eigenvalue weighted by Gasteiger charge is -2.23. The third-order valence-electron chi connectivity index (χ3n) is 3.26. The number of aryl methyl sites for hydroxylation is 1. The third kappa shape index (κ3) is 3.96. The highest BCUT2D eigenvalue weighted by Gasteiger charge is 2.24. The number of hydrogen-bond acceptors (Lipinski definition) is 2. The van der Waals surface area contributed by atoms with Crippen molar-refractivity contribution in [2.45, 2.75) is 44.9 Å². The molecule has 0 amide bonds. The number of sulfonamides is 1. The lowest BCUT2D eigenvalue weighted by molar-refractivity contribution is 0.381. The van der Waals surface area contributed by atoms with Crippen LogP contribution in [0.5, 0.6) is 0 Å². The maximum atomic E-state index is 12.6. The fourth-order valence-corrected chi connectivity index (χ4v) is 4.10. The lowest BCUT2D eigenvalue weighted by atomic mass is 10.1. The van der Waals surface area contributed by atoms with E-state index in [4.69, 9.17) is 11.6 Å². The molecule has 0 unspecified atom stereocenters. The summed E-state index contributed by atoms with van der Waals surface area (Å²) in [6.07, 6.45) is 0.853. The van der Waals surface area contributed by atoms with Crippen LogP contribution in [0, 0.1) is 5.92 Å². The summed E-state index contributed by atoms with van der Waals surface area (Å²) in [4.78, 5) is 0.341. The van der Waals surface area contributed by atoms with Gasteiger partial charge >= 0.3 is 0 Å². The summed E-state index contributed by atoms with van der Waals surface area (Å²) in [7, 11) is -3.43. The van der Waals surface area contributed by atoms with Gasteiger partial charge in [0.1, 0.15) is 0 Å². The summed E-state index contributed by atoms with van der Waals surface area (Å²) < 4.78 is 26.8. The second kappa shape index (κ2) is 7.43. The van der Waals surface area contributed by atoms with Gasteiger partial charge in [0.15, 0.2) is 0 Å². The number of benzene rings is 1. The smallest absolute Gasteiger partial charge is 0.207 e. The number of halogens is 1. The van der Waals surface area contributed by atoms with Crippen LogP contribution in [-0.2, 0) is 22.3 Å². The van der Waals surface area contributed by atoms with E-state index in [1.807, 2.05) is 33.8 Å². The van der Waals surface area contributed by atoms with E-state index in [1.54, 1.807) is 12.1 Å². The summed E-state index contributed by atoms with van der Waals surface area (Å²) in [6, 6.07) is 5.27. The maximum Gasteiger partial charge on any atom is 0.243 e. The molecule has 0 saturated heterocycles. The van der Waals surface area contributed by atoms with Gasteiger partial charge in [0.25, 0.3) is 0 Å². The first kappa shape index (κ1) is 17.5. The SMILES string of the molecule is CCc1ccc(S(=O)(=O)N(CC)CC(C)C)cc1CCl. The van der Waals surface area contributed by atoms with E-state index in [1.165, 1.54) is 4.31 Å². The Labute approximate surface area is 128 Å². The molecule has 0 N–H and O–H groups in total.